The quantitative estimate of drug-likeness (QED) is 0.677. The molecule has 1 atom stereocenters. The lowest BCUT2D eigenvalue weighted by Gasteiger charge is -2.19. The van der Waals surface area contributed by atoms with Crippen LogP contribution in [0.3, 0.4) is 0 Å². The molecule has 1 rings (SSSR count). The van der Waals surface area contributed by atoms with Crippen LogP contribution in [0.25, 0.3) is 0 Å². The van der Waals surface area contributed by atoms with E-state index < -0.39 is 0 Å². The fraction of sp³-hybridized carbons (Fsp3) is 0.625. The van der Waals surface area contributed by atoms with Gasteiger partial charge in [-0.3, -0.25) is 0 Å². The molecule has 1 unspecified atom stereocenters. The number of hydrogen-bond acceptors (Lipinski definition) is 3. The summed E-state index contributed by atoms with van der Waals surface area (Å²) < 4.78 is 0. The maximum absolute atomic E-state index is 9.93. The van der Waals surface area contributed by atoms with Crippen LogP contribution in [0.4, 0.5) is 0 Å². The summed E-state index contributed by atoms with van der Waals surface area (Å²) in [4.78, 5) is 0. The monoisotopic (exact) mass is 265 g/mol. The molecule has 1 aromatic carbocycles. The predicted molar refractivity (Wildman–Crippen MR) is 79.2 cm³/mol. The molecule has 0 aromatic heterocycles. The highest BCUT2D eigenvalue weighted by Gasteiger charge is 2.11. The van der Waals surface area contributed by atoms with Crippen LogP contribution < -0.4 is 5.32 Å². The lowest BCUT2D eigenvalue weighted by Crippen LogP contribution is -2.24. The van der Waals surface area contributed by atoms with E-state index in [0.29, 0.717) is 24.1 Å². The third kappa shape index (κ3) is 5.62. The van der Waals surface area contributed by atoms with Crippen LogP contribution in [-0.2, 0) is 6.54 Å². The number of rotatable bonds is 8. The summed E-state index contributed by atoms with van der Waals surface area (Å²) in [5.74, 6) is 1.53. The van der Waals surface area contributed by atoms with Gasteiger partial charge in [-0.15, -0.1) is 0 Å². The topological polar surface area (TPSA) is 52.5 Å². The predicted octanol–water partition coefficient (Wildman–Crippen LogP) is 2.83. The van der Waals surface area contributed by atoms with Crippen LogP contribution in [0.1, 0.15) is 37.8 Å². The molecule has 0 bridgehead atoms. The second kappa shape index (κ2) is 8.18. The van der Waals surface area contributed by atoms with E-state index in [4.69, 9.17) is 5.11 Å². The molecule has 19 heavy (non-hydrogen) atoms. The summed E-state index contributed by atoms with van der Waals surface area (Å²) in [6.45, 7) is 8.12. The maximum Gasteiger partial charge on any atom is 0.122 e. The van der Waals surface area contributed by atoms with E-state index in [-0.39, 0.29) is 6.61 Å². The zero-order valence-corrected chi connectivity index (χ0v) is 12.3. The second-order valence-corrected chi connectivity index (χ2v) is 5.72. The highest BCUT2D eigenvalue weighted by Crippen LogP contribution is 2.21. The van der Waals surface area contributed by atoms with Gasteiger partial charge >= 0.3 is 0 Å². The normalized spacial score (nSPS) is 12.9. The lowest BCUT2D eigenvalue weighted by atomic mass is 9.94. The Morgan fingerprint density at radius 3 is 2.63 bits per heavy atom. The van der Waals surface area contributed by atoms with Crippen molar-refractivity contribution >= 4 is 0 Å². The summed E-state index contributed by atoms with van der Waals surface area (Å²) in [5.41, 5.74) is 1.85. The van der Waals surface area contributed by atoms with Gasteiger partial charge in [0, 0.05) is 18.7 Å². The number of benzene rings is 1. The van der Waals surface area contributed by atoms with E-state index in [1.54, 1.807) is 0 Å². The van der Waals surface area contributed by atoms with E-state index in [1.165, 1.54) is 0 Å². The molecule has 0 spiro atoms. The average molecular weight is 265 g/mol. The Balaban J connectivity index is 2.45. The largest absolute Gasteiger partial charge is 0.507 e. The molecule has 3 heteroatoms. The van der Waals surface area contributed by atoms with Crippen LogP contribution in [-0.4, -0.2) is 23.4 Å². The minimum Gasteiger partial charge on any atom is -0.507 e. The molecule has 0 fully saturated rings. The smallest absolute Gasteiger partial charge is 0.122 e. The van der Waals surface area contributed by atoms with Gasteiger partial charge in [0.25, 0.3) is 0 Å². The number of aryl methyl sites for hydroxylation is 1. The number of para-hydroxylation sites is 1. The zero-order chi connectivity index (χ0) is 14.3. The Morgan fingerprint density at radius 2 is 2.00 bits per heavy atom. The molecule has 0 saturated carbocycles. The highest BCUT2D eigenvalue weighted by molar-refractivity contribution is 5.39. The fourth-order valence-electron chi connectivity index (χ4n) is 2.43. The van der Waals surface area contributed by atoms with E-state index >= 15 is 0 Å². The molecule has 0 aliphatic heterocycles. The van der Waals surface area contributed by atoms with E-state index in [9.17, 15) is 5.11 Å². The number of hydrogen-bond donors (Lipinski definition) is 3. The van der Waals surface area contributed by atoms with Crippen molar-refractivity contribution in [2.75, 3.05) is 13.2 Å². The van der Waals surface area contributed by atoms with Gasteiger partial charge in [0.15, 0.2) is 0 Å². The minimum absolute atomic E-state index is 0.245. The van der Waals surface area contributed by atoms with Gasteiger partial charge in [0.05, 0.1) is 0 Å². The van der Waals surface area contributed by atoms with Crippen molar-refractivity contribution in [1.82, 2.24) is 5.32 Å². The number of nitrogens with one attached hydrogen (secondary N) is 1. The van der Waals surface area contributed by atoms with Gasteiger partial charge < -0.3 is 15.5 Å². The first kappa shape index (κ1) is 16.0. The first-order valence-electron chi connectivity index (χ1n) is 7.13. The van der Waals surface area contributed by atoms with Gasteiger partial charge in [-0.2, -0.15) is 0 Å². The summed E-state index contributed by atoms with van der Waals surface area (Å²) in [5, 5.41) is 22.4. The molecule has 0 saturated heterocycles. The molecule has 0 radical (unpaired) electrons. The standard InChI is InChI=1S/C16H27NO2/c1-12(2)9-14(7-8-18)10-17-11-15-6-4-5-13(3)16(15)19/h4-6,12,14,17-19H,7-11H2,1-3H3. The van der Waals surface area contributed by atoms with Crippen molar-refractivity contribution in [3.63, 3.8) is 0 Å². The molecule has 1 aromatic rings. The molecule has 0 aliphatic rings. The molecular weight excluding hydrogens is 238 g/mol. The summed E-state index contributed by atoms with van der Waals surface area (Å²) >= 11 is 0. The SMILES string of the molecule is Cc1cccc(CNCC(CCO)CC(C)C)c1O. The second-order valence-electron chi connectivity index (χ2n) is 5.72. The van der Waals surface area contributed by atoms with E-state index in [1.807, 2.05) is 25.1 Å². The molecule has 3 N–H and O–H groups in total. The van der Waals surface area contributed by atoms with Crippen molar-refractivity contribution in [2.24, 2.45) is 11.8 Å². The average Bonchev–Trinajstić information content (AvgIpc) is 2.34. The minimum atomic E-state index is 0.245. The van der Waals surface area contributed by atoms with E-state index in [0.717, 1.165) is 30.5 Å². The van der Waals surface area contributed by atoms with Crippen LogP contribution in [0.5, 0.6) is 5.75 Å². The van der Waals surface area contributed by atoms with Gasteiger partial charge in [0.1, 0.15) is 5.75 Å². The Kier molecular flexibility index (Phi) is 6.89. The Bertz CT molecular complexity index is 377. The lowest BCUT2D eigenvalue weighted by molar-refractivity contribution is 0.239. The van der Waals surface area contributed by atoms with Gasteiger partial charge in [-0.1, -0.05) is 32.0 Å². The fourth-order valence-corrected chi connectivity index (χ4v) is 2.43. The van der Waals surface area contributed by atoms with Crippen LogP contribution in [0.15, 0.2) is 18.2 Å². The Morgan fingerprint density at radius 1 is 1.26 bits per heavy atom. The number of phenols is 1. The third-order valence-electron chi connectivity index (χ3n) is 3.41. The Hall–Kier alpha value is -1.06. The number of phenolic OH excluding ortho intramolecular Hbond substituents is 1. The van der Waals surface area contributed by atoms with Crippen molar-refractivity contribution in [3.05, 3.63) is 29.3 Å². The molecule has 0 aliphatic carbocycles. The summed E-state index contributed by atoms with van der Waals surface area (Å²) in [6, 6.07) is 5.82. The van der Waals surface area contributed by atoms with Crippen LogP contribution in [0.2, 0.25) is 0 Å². The van der Waals surface area contributed by atoms with Gasteiger partial charge in [-0.25, -0.2) is 0 Å². The molecule has 108 valence electrons. The molecule has 0 amide bonds. The number of aliphatic hydroxyl groups is 1. The van der Waals surface area contributed by atoms with Crippen molar-refractivity contribution in [1.29, 1.82) is 0 Å². The van der Waals surface area contributed by atoms with Crippen molar-refractivity contribution < 1.29 is 10.2 Å². The van der Waals surface area contributed by atoms with Crippen LogP contribution >= 0.6 is 0 Å². The van der Waals surface area contributed by atoms with Crippen molar-refractivity contribution in [2.45, 2.75) is 40.2 Å². The highest BCUT2D eigenvalue weighted by atomic mass is 16.3. The van der Waals surface area contributed by atoms with E-state index in [2.05, 4.69) is 19.2 Å². The Labute approximate surface area is 116 Å². The van der Waals surface area contributed by atoms with Crippen molar-refractivity contribution in [3.8, 4) is 5.75 Å². The first-order valence-corrected chi connectivity index (χ1v) is 7.13. The molecule has 3 nitrogen and oxygen atoms in total. The maximum atomic E-state index is 9.93. The van der Waals surface area contributed by atoms with Gasteiger partial charge in [0.2, 0.25) is 0 Å². The summed E-state index contributed by atoms with van der Waals surface area (Å²) in [6.07, 6.45) is 1.96. The summed E-state index contributed by atoms with van der Waals surface area (Å²) in [7, 11) is 0. The zero-order valence-electron chi connectivity index (χ0n) is 12.3. The first-order chi connectivity index (χ1) is 9.04. The van der Waals surface area contributed by atoms with Gasteiger partial charge in [-0.05, 0) is 43.7 Å². The molecule has 0 heterocycles. The molecular formula is C16H27NO2. The number of aromatic hydroxyl groups is 1. The van der Waals surface area contributed by atoms with Crippen LogP contribution in [0, 0.1) is 18.8 Å². The third-order valence-corrected chi connectivity index (χ3v) is 3.41. The number of aliphatic hydroxyl groups excluding tert-OH is 1.